The zero-order chi connectivity index (χ0) is 21.5. The molecule has 0 spiro atoms. The van der Waals surface area contributed by atoms with E-state index in [2.05, 4.69) is 29.6 Å². The first-order chi connectivity index (χ1) is 15.2. The second kappa shape index (κ2) is 9.90. The molecule has 0 bridgehead atoms. The van der Waals surface area contributed by atoms with Crippen molar-refractivity contribution in [3.05, 3.63) is 113 Å². The molecule has 0 amide bonds. The summed E-state index contributed by atoms with van der Waals surface area (Å²) in [5.41, 5.74) is 3.60. The number of nitrogens with zero attached hydrogens (tertiary/aromatic N) is 1. The summed E-state index contributed by atoms with van der Waals surface area (Å²) in [7, 11) is 0. The van der Waals surface area contributed by atoms with Crippen LogP contribution < -0.4 is 10.1 Å². The number of ether oxygens (including phenoxy) is 1. The van der Waals surface area contributed by atoms with Crippen molar-refractivity contribution >= 4 is 10.8 Å². The molecule has 0 saturated carbocycles. The Labute approximate surface area is 182 Å². The van der Waals surface area contributed by atoms with Crippen molar-refractivity contribution in [1.29, 1.82) is 5.26 Å². The first kappa shape index (κ1) is 20.6. The molecule has 1 unspecified atom stereocenters. The average Bonchev–Trinajstić information content (AvgIpc) is 2.84. The maximum absolute atomic E-state index is 10.5. The van der Waals surface area contributed by atoms with Gasteiger partial charge in [-0.3, -0.25) is 0 Å². The number of hydrogen-bond donors (Lipinski definition) is 2. The second-order valence-corrected chi connectivity index (χ2v) is 7.42. The molecule has 0 aliphatic heterocycles. The molecule has 4 aromatic rings. The number of fused-ring (bicyclic) bond motifs is 1. The molecule has 4 heteroatoms. The van der Waals surface area contributed by atoms with Crippen LogP contribution in [0, 0.1) is 11.3 Å². The molecule has 0 heterocycles. The number of hydrogen-bond acceptors (Lipinski definition) is 4. The van der Waals surface area contributed by atoms with E-state index in [-0.39, 0.29) is 0 Å². The number of aliphatic hydroxyl groups is 1. The van der Waals surface area contributed by atoms with Crippen molar-refractivity contribution in [2.45, 2.75) is 19.3 Å². The highest BCUT2D eigenvalue weighted by Crippen LogP contribution is 2.29. The van der Waals surface area contributed by atoms with Gasteiger partial charge in [-0.2, -0.15) is 5.26 Å². The third kappa shape index (κ3) is 5.10. The quantitative estimate of drug-likeness (QED) is 0.425. The van der Waals surface area contributed by atoms with Crippen LogP contribution >= 0.6 is 0 Å². The van der Waals surface area contributed by atoms with E-state index in [0.717, 1.165) is 33.2 Å². The van der Waals surface area contributed by atoms with Gasteiger partial charge in [-0.25, -0.2) is 0 Å². The van der Waals surface area contributed by atoms with Gasteiger partial charge in [0.2, 0.25) is 0 Å². The predicted octanol–water partition coefficient (Wildman–Crippen LogP) is 5.11. The second-order valence-electron chi connectivity index (χ2n) is 7.42. The molecular weight excluding hydrogens is 384 g/mol. The number of nitriles is 1. The van der Waals surface area contributed by atoms with E-state index < -0.39 is 6.10 Å². The summed E-state index contributed by atoms with van der Waals surface area (Å²) >= 11 is 0. The molecule has 2 N–H and O–H groups in total. The maximum atomic E-state index is 10.5. The highest BCUT2D eigenvalue weighted by Gasteiger charge is 2.11. The Morgan fingerprint density at radius 1 is 0.871 bits per heavy atom. The van der Waals surface area contributed by atoms with Gasteiger partial charge in [-0.1, -0.05) is 72.8 Å². The Bertz CT molecular complexity index is 1180. The summed E-state index contributed by atoms with van der Waals surface area (Å²) in [5.74, 6) is 0.810. The Morgan fingerprint density at radius 3 is 2.39 bits per heavy atom. The maximum Gasteiger partial charge on any atom is 0.124 e. The van der Waals surface area contributed by atoms with Gasteiger partial charge < -0.3 is 15.2 Å². The molecule has 0 aromatic heterocycles. The fourth-order valence-corrected chi connectivity index (χ4v) is 3.60. The summed E-state index contributed by atoms with van der Waals surface area (Å²) in [6.07, 6.45) is -0.570. The van der Waals surface area contributed by atoms with E-state index in [1.807, 2.05) is 60.7 Å². The Morgan fingerprint density at radius 2 is 1.61 bits per heavy atom. The molecule has 4 nitrogen and oxygen atoms in total. The topological polar surface area (TPSA) is 65.3 Å². The average molecular weight is 409 g/mol. The van der Waals surface area contributed by atoms with Gasteiger partial charge in [0.05, 0.1) is 17.7 Å². The van der Waals surface area contributed by atoms with Crippen molar-refractivity contribution in [2.75, 3.05) is 6.54 Å². The van der Waals surface area contributed by atoms with Crippen LogP contribution in [0.2, 0.25) is 0 Å². The third-order valence-corrected chi connectivity index (χ3v) is 5.30. The zero-order valence-corrected chi connectivity index (χ0v) is 17.2. The van der Waals surface area contributed by atoms with Crippen molar-refractivity contribution in [3.63, 3.8) is 0 Å². The molecule has 4 aromatic carbocycles. The van der Waals surface area contributed by atoms with E-state index >= 15 is 0 Å². The lowest BCUT2D eigenvalue weighted by molar-refractivity contribution is 0.174. The van der Waals surface area contributed by atoms with Crippen LogP contribution in [0.1, 0.15) is 28.4 Å². The zero-order valence-electron chi connectivity index (χ0n) is 17.2. The summed E-state index contributed by atoms with van der Waals surface area (Å²) in [4.78, 5) is 0. The van der Waals surface area contributed by atoms with Crippen LogP contribution in [0.4, 0.5) is 0 Å². The van der Waals surface area contributed by atoms with Crippen molar-refractivity contribution in [3.8, 4) is 11.8 Å². The largest absolute Gasteiger partial charge is 0.489 e. The normalized spacial score (nSPS) is 11.7. The Hall–Kier alpha value is -3.65. The van der Waals surface area contributed by atoms with Gasteiger partial charge in [-0.15, -0.1) is 0 Å². The monoisotopic (exact) mass is 408 g/mol. The van der Waals surface area contributed by atoms with E-state index in [9.17, 15) is 5.11 Å². The number of rotatable bonds is 8. The number of aliphatic hydroxyl groups excluding tert-OH is 1. The van der Waals surface area contributed by atoms with E-state index in [4.69, 9.17) is 10.00 Å². The fraction of sp³-hybridized carbons (Fsp3) is 0.148. The van der Waals surface area contributed by atoms with Crippen LogP contribution in [0.25, 0.3) is 10.8 Å². The van der Waals surface area contributed by atoms with E-state index in [1.165, 1.54) is 0 Å². The summed E-state index contributed by atoms with van der Waals surface area (Å²) in [6.45, 7) is 1.44. The van der Waals surface area contributed by atoms with Gasteiger partial charge in [0.15, 0.2) is 0 Å². The molecule has 0 fully saturated rings. The van der Waals surface area contributed by atoms with Gasteiger partial charge in [0.1, 0.15) is 12.4 Å². The molecule has 0 radical (unpaired) electrons. The van der Waals surface area contributed by atoms with Crippen LogP contribution in [0.5, 0.6) is 5.75 Å². The molecule has 0 saturated heterocycles. The highest BCUT2D eigenvalue weighted by molar-refractivity contribution is 5.87. The minimum Gasteiger partial charge on any atom is -0.489 e. The SMILES string of the molecule is N#Cc1ccc(COc2ccc3ccccc3c2CNCC(O)c2ccccc2)cc1. The van der Waals surface area contributed by atoms with Crippen LogP contribution in [0.3, 0.4) is 0 Å². The number of benzene rings is 4. The van der Waals surface area contributed by atoms with E-state index in [0.29, 0.717) is 25.3 Å². The van der Waals surface area contributed by atoms with Crippen molar-refractivity contribution in [2.24, 2.45) is 0 Å². The standard InChI is InChI=1S/C27H24N2O2/c28-16-20-10-12-21(13-11-20)19-31-27-15-14-22-6-4-5-9-24(22)25(27)17-29-18-26(30)23-7-2-1-3-8-23/h1-15,26,29-30H,17-19H2. The summed E-state index contributed by atoms with van der Waals surface area (Å²) in [6, 6.07) is 31.5. The van der Waals surface area contributed by atoms with Crippen LogP contribution in [0.15, 0.2) is 91.0 Å². The molecule has 154 valence electrons. The minimum absolute atomic E-state index is 0.420. The van der Waals surface area contributed by atoms with Gasteiger partial charge >= 0.3 is 0 Å². The Balaban J connectivity index is 1.50. The third-order valence-electron chi connectivity index (χ3n) is 5.30. The van der Waals surface area contributed by atoms with Gasteiger partial charge in [0, 0.05) is 18.7 Å². The number of nitrogens with one attached hydrogen (secondary N) is 1. The molecule has 1 atom stereocenters. The fourth-order valence-electron chi connectivity index (χ4n) is 3.60. The van der Waals surface area contributed by atoms with E-state index in [1.54, 1.807) is 12.1 Å². The minimum atomic E-state index is -0.570. The molecule has 0 aliphatic rings. The molecule has 0 aliphatic carbocycles. The van der Waals surface area contributed by atoms with Crippen LogP contribution in [-0.2, 0) is 13.2 Å². The molecule has 31 heavy (non-hydrogen) atoms. The first-order valence-electron chi connectivity index (χ1n) is 10.3. The lowest BCUT2D eigenvalue weighted by atomic mass is 10.0. The van der Waals surface area contributed by atoms with Gasteiger partial charge in [0.25, 0.3) is 0 Å². The van der Waals surface area contributed by atoms with Gasteiger partial charge in [-0.05, 0) is 40.1 Å². The van der Waals surface area contributed by atoms with Crippen LogP contribution in [-0.4, -0.2) is 11.7 Å². The molecule has 4 rings (SSSR count). The lowest BCUT2D eigenvalue weighted by Crippen LogP contribution is -2.21. The van der Waals surface area contributed by atoms with Crippen molar-refractivity contribution < 1.29 is 9.84 Å². The highest BCUT2D eigenvalue weighted by atomic mass is 16.5. The first-order valence-corrected chi connectivity index (χ1v) is 10.3. The Kier molecular flexibility index (Phi) is 6.59. The van der Waals surface area contributed by atoms with Crippen molar-refractivity contribution in [1.82, 2.24) is 5.32 Å². The summed E-state index contributed by atoms with van der Waals surface area (Å²) < 4.78 is 6.16. The smallest absolute Gasteiger partial charge is 0.124 e. The predicted molar refractivity (Wildman–Crippen MR) is 123 cm³/mol. The lowest BCUT2D eigenvalue weighted by Gasteiger charge is -2.17. The summed E-state index contributed by atoms with van der Waals surface area (Å²) in [5, 5.41) is 25.1. The molecular formula is C27H24N2O2.